The molecule has 1 aromatic carbocycles. The minimum absolute atomic E-state index is 0.0383. The van der Waals surface area contributed by atoms with Crippen LogP contribution in [0.3, 0.4) is 0 Å². The number of β-lactam (4-membered cyclic amide) rings is 1. The monoisotopic (exact) mass is 789 g/mol. The molecule has 0 unspecified atom stereocenters. The molecule has 0 saturated carbocycles. The Morgan fingerprint density at radius 3 is 2.75 bits per heavy atom. The molecule has 53 heavy (non-hydrogen) atoms. The van der Waals surface area contributed by atoms with E-state index >= 15 is 0 Å². The van der Waals surface area contributed by atoms with Crippen LogP contribution >= 0.6 is 34.9 Å². The molecule has 0 spiro atoms. The summed E-state index contributed by atoms with van der Waals surface area (Å²) >= 11 is 8.48. The van der Waals surface area contributed by atoms with Gasteiger partial charge in [-0.05, 0) is 36.4 Å². The second-order valence-corrected chi connectivity index (χ2v) is 15.8. The van der Waals surface area contributed by atoms with Gasteiger partial charge < -0.3 is 40.6 Å². The van der Waals surface area contributed by atoms with Crippen molar-refractivity contribution < 1.29 is 43.8 Å². The number of tetrazole rings is 1. The fourth-order valence-corrected chi connectivity index (χ4v) is 9.09. The molecule has 4 aliphatic heterocycles. The number of nitrogen functional groups attached to an aromatic ring is 1. The number of amides is 3. The first kappa shape index (κ1) is 36.3. The SMILES string of the molecule is CC(C)(O/N=C(\C(=O)N[C@@H]1C(=O)N2C(c3nnn[nH]3)=C(C[N@+]34CCC[C@H]3CN(C(=O)c3ccc(O)c(O)c3Cl)CC4)CS[C@H]12)c1nsc(N)n1)C(=O)O. The van der Waals surface area contributed by atoms with Gasteiger partial charge in [-0.3, -0.25) is 19.3 Å². The van der Waals surface area contributed by atoms with Crippen LogP contribution in [0.4, 0.5) is 5.13 Å². The number of nitrogens with zero attached hydrogens (tertiary/aromatic N) is 9. The molecular formula is C30H34ClN12O8S2+. The summed E-state index contributed by atoms with van der Waals surface area (Å²) in [6.45, 7) is 5.42. The van der Waals surface area contributed by atoms with Gasteiger partial charge in [0.1, 0.15) is 24.0 Å². The molecule has 2 aromatic heterocycles. The van der Waals surface area contributed by atoms with Crippen LogP contribution in [0.2, 0.25) is 5.02 Å². The molecule has 7 N–H and O–H groups in total. The maximum absolute atomic E-state index is 13.9. The topological polar surface area (TPSA) is 275 Å². The van der Waals surface area contributed by atoms with E-state index < -0.39 is 52.0 Å². The van der Waals surface area contributed by atoms with Crippen molar-refractivity contribution in [2.45, 2.75) is 49.7 Å². The van der Waals surface area contributed by atoms with E-state index in [1.165, 1.54) is 37.7 Å². The number of halogens is 1. The second-order valence-electron chi connectivity index (χ2n) is 13.5. The number of H-pyrrole nitrogens is 1. The van der Waals surface area contributed by atoms with Gasteiger partial charge in [0.25, 0.3) is 17.7 Å². The normalized spacial score (nSPS) is 24.4. The quantitative estimate of drug-likeness (QED) is 0.0527. The smallest absolute Gasteiger partial charge is 0.350 e. The number of carboxylic acid groups (broad SMARTS) is 1. The molecule has 6 heterocycles. The van der Waals surface area contributed by atoms with Gasteiger partial charge in [-0.25, -0.2) is 9.89 Å². The first-order chi connectivity index (χ1) is 25.2. The molecule has 0 radical (unpaired) electrons. The molecular weight excluding hydrogens is 756 g/mol. The van der Waals surface area contributed by atoms with E-state index in [9.17, 15) is 34.5 Å². The van der Waals surface area contributed by atoms with Crippen molar-refractivity contribution >= 4 is 75.1 Å². The van der Waals surface area contributed by atoms with E-state index in [0.717, 1.165) is 36.5 Å². The van der Waals surface area contributed by atoms with Gasteiger partial charge in [0.05, 0.1) is 42.5 Å². The highest BCUT2D eigenvalue weighted by Crippen LogP contribution is 2.45. The number of carbonyl (C=O) groups is 4. The molecule has 3 aromatic rings. The molecule has 3 amide bonds. The van der Waals surface area contributed by atoms with Crippen molar-refractivity contribution in [1.82, 2.24) is 45.1 Å². The Bertz CT molecular complexity index is 2060. The van der Waals surface area contributed by atoms with Crippen molar-refractivity contribution in [2.75, 3.05) is 44.2 Å². The number of carbonyl (C=O) groups excluding carboxylic acids is 3. The zero-order valence-electron chi connectivity index (χ0n) is 28.2. The summed E-state index contributed by atoms with van der Waals surface area (Å²) < 4.78 is 4.70. The van der Waals surface area contributed by atoms with Crippen LogP contribution in [0.5, 0.6) is 11.5 Å². The largest absolute Gasteiger partial charge is 0.504 e. The molecule has 3 fully saturated rings. The van der Waals surface area contributed by atoms with Crippen molar-refractivity contribution in [3.05, 3.63) is 39.9 Å². The van der Waals surface area contributed by atoms with Crippen LogP contribution in [0.25, 0.3) is 5.70 Å². The highest BCUT2D eigenvalue weighted by atomic mass is 35.5. The lowest BCUT2D eigenvalue weighted by atomic mass is 10.00. The highest BCUT2D eigenvalue weighted by Gasteiger charge is 2.56. The highest BCUT2D eigenvalue weighted by molar-refractivity contribution is 8.00. The summed E-state index contributed by atoms with van der Waals surface area (Å²) in [4.78, 5) is 65.0. The first-order valence-electron chi connectivity index (χ1n) is 16.4. The number of oxime groups is 1. The van der Waals surface area contributed by atoms with Crippen LogP contribution in [-0.4, -0.2) is 151 Å². The summed E-state index contributed by atoms with van der Waals surface area (Å²) in [7, 11) is 0. The average Bonchev–Trinajstić information content (AvgIpc) is 3.91. The molecule has 7 rings (SSSR count). The number of rotatable bonds is 10. The summed E-state index contributed by atoms with van der Waals surface area (Å²) in [6, 6.07) is 1.72. The third kappa shape index (κ3) is 6.48. The standard InChI is InChI=1S/C30H33ClN12O8S2/c1-30(2,28(49)50)51-37-18(22-34-29(32)53-38-22)24(46)33-19-26(48)42-20(23-35-39-40-36-23)13(12-52-27(19)42)11-43-8-3-4-14(43)10-41(7-9-43)25(47)15-5-6-16(44)21(45)17(15)31/h5-6,14,19,27H,3-4,7-12H2,1-2H3,(H6-,32,33,34,35,36,37,38,39,40,44,45,46,47,49,50)/p+1/t14-,19+,27+,43+/m0/s1. The number of aromatic hydroxyl groups is 2. The number of aromatic nitrogens is 6. The molecule has 280 valence electrons. The lowest BCUT2D eigenvalue weighted by Gasteiger charge is -2.52. The van der Waals surface area contributed by atoms with Crippen LogP contribution in [0, 0.1) is 0 Å². The van der Waals surface area contributed by atoms with E-state index in [1.807, 2.05) is 0 Å². The Kier molecular flexibility index (Phi) is 9.41. The maximum atomic E-state index is 13.9. The van der Waals surface area contributed by atoms with Gasteiger partial charge >= 0.3 is 5.97 Å². The Balaban J connectivity index is 1.11. The summed E-state index contributed by atoms with van der Waals surface area (Å²) in [5, 5.41) is 49.5. The number of phenolic OH excluding ortho intramolecular Hbond substituents is 2. The molecule has 3 saturated heterocycles. The van der Waals surface area contributed by atoms with Crippen molar-refractivity contribution in [3.8, 4) is 11.5 Å². The predicted molar refractivity (Wildman–Crippen MR) is 188 cm³/mol. The average molecular weight is 790 g/mol. The van der Waals surface area contributed by atoms with Crippen molar-refractivity contribution in [3.63, 3.8) is 0 Å². The van der Waals surface area contributed by atoms with Crippen molar-refractivity contribution in [1.29, 1.82) is 0 Å². The van der Waals surface area contributed by atoms with Crippen LogP contribution < -0.4 is 11.1 Å². The van der Waals surface area contributed by atoms with E-state index in [-0.39, 0.29) is 33.5 Å². The number of aliphatic carboxylic acids is 1. The van der Waals surface area contributed by atoms with E-state index in [1.54, 1.807) is 9.80 Å². The number of fused-ring (bicyclic) bond motifs is 2. The number of hydrogen-bond acceptors (Lipinski definition) is 16. The third-order valence-corrected chi connectivity index (χ3v) is 12.2. The van der Waals surface area contributed by atoms with Gasteiger partial charge in [-0.1, -0.05) is 16.8 Å². The minimum Gasteiger partial charge on any atom is -0.504 e. The van der Waals surface area contributed by atoms with E-state index in [4.69, 9.17) is 22.2 Å². The zero-order valence-corrected chi connectivity index (χ0v) is 30.6. The van der Waals surface area contributed by atoms with Gasteiger partial charge in [-0.2, -0.15) is 9.36 Å². The Hall–Kier alpha value is -5.06. The number of anilines is 1. The van der Waals surface area contributed by atoms with Gasteiger partial charge in [-0.15, -0.1) is 16.9 Å². The fraction of sp³-hybridized carbons (Fsp3) is 0.467. The third-order valence-electron chi connectivity index (χ3n) is 9.93. The molecule has 20 nitrogen and oxygen atoms in total. The molecule has 0 bridgehead atoms. The number of piperazine rings is 1. The number of phenols is 2. The number of hydrogen-bond donors (Lipinski definition) is 6. The summed E-state index contributed by atoms with van der Waals surface area (Å²) in [5.41, 5.74) is 5.04. The number of aromatic amines is 1. The maximum Gasteiger partial charge on any atom is 0.350 e. The Morgan fingerprint density at radius 2 is 2.06 bits per heavy atom. The van der Waals surface area contributed by atoms with E-state index in [2.05, 4.69) is 40.5 Å². The molecule has 0 aliphatic carbocycles. The van der Waals surface area contributed by atoms with Gasteiger partial charge in [0, 0.05) is 35.7 Å². The lowest BCUT2D eigenvalue weighted by molar-refractivity contribution is -0.938. The number of thioether (sulfide) groups is 1. The zero-order chi connectivity index (χ0) is 37.8. The number of nitrogens with one attached hydrogen (secondary N) is 2. The van der Waals surface area contributed by atoms with Crippen LogP contribution in [0.1, 0.15) is 48.7 Å². The Labute approximate surface area is 313 Å². The van der Waals surface area contributed by atoms with Crippen LogP contribution in [0.15, 0.2) is 22.9 Å². The predicted octanol–water partition coefficient (Wildman–Crippen LogP) is 0.228. The molecule has 23 heteroatoms. The number of quaternary nitrogens is 1. The first-order valence-corrected chi connectivity index (χ1v) is 18.6. The van der Waals surface area contributed by atoms with Crippen molar-refractivity contribution in [2.24, 2.45) is 5.16 Å². The molecule has 4 atom stereocenters. The minimum atomic E-state index is -1.79. The van der Waals surface area contributed by atoms with Gasteiger partial charge in [0.2, 0.25) is 17.1 Å². The molecule has 4 aliphatic rings. The second kappa shape index (κ2) is 13.7. The summed E-state index contributed by atoms with van der Waals surface area (Å²) in [6.07, 6.45) is 1.80. The number of nitrogens with two attached hydrogens (primary N) is 1. The van der Waals surface area contributed by atoms with Gasteiger partial charge in [0.15, 0.2) is 22.5 Å². The fourth-order valence-electron chi connectivity index (χ4n) is 7.08. The van der Waals surface area contributed by atoms with E-state index in [0.29, 0.717) is 47.9 Å². The Morgan fingerprint density at radius 1 is 1.26 bits per heavy atom. The summed E-state index contributed by atoms with van der Waals surface area (Å²) in [5.74, 6) is -3.33. The lowest BCUT2D eigenvalue weighted by Crippen LogP contribution is -2.70. The number of carboxylic acids is 1. The van der Waals surface area contributed by atoms with Crippen LogP contribution in [-0.2, 0) is 19.2 Å². The number of benzene rings is 1.